The lowest BCUT2D eigenvalue weighted by Gasteiger charge is -2.32. The van der Waals surface area contributed by atoms with Gasteiger partial charge in [0.2, 0.25) is 0 Å². The van der Waals surface area contributed by atoms with Crippen LogP contribution in [0.5, 0.6) is 0 Å². The number of hydrogen-bond acceptors (Lipinski definition) is 5. The molecule has 1 aromatic heterocycles. The highest BCUT2D eigenvalue weighted by atomic mass is 35.5. The number of furan rings is 1. The molecule has 2 aromatic carbocycles. The molecule has 2 heterocycles. The molecule has 1 fully saturated rings. The molecule has 1 aliphatic rings. The van der Waals surface area contributed by atoms with Crippen LogP contribution >= 0.6 is 23.2 Å². The molecule has 36 heavy (non-hydrogen) atoms. The van der Waals surface area contributed by atoms with Crippen LogP contribution in [-0.4, -0.2) is 45.4 Å². The number of rotatable bonds is 10. The van der Waals surface area contributed by atoms with Gasteiger partial charge in [0.05, 0.1) is 10.0 Å². The van der Waals surface area contributed by atoms with Crippen molar-refractivity contribution < 1.29 is 17.6 Å². The number of likely N-dealkylation sites (tertiary alicyclic amines) is 1. The minimum absolute atomic E-state index is 0.0486. The first-order chi connectivity index (χ1) is 17.3. The molecule has 0 aliphatic carbocycles. The monoisotopic (exact) mass is 548 g/mol. The van der Waals surface area contributed by atoms with Gasteiger partial charge in [0.15, 0.2) is 15.6 Å². The van der Waals surface area contributed by atoms with E-state index in [0.717, 1.165) is 38.4 Å². The molecule has 6 nitrogen and oxygen atoms in total. The van der Waals surface area contributed by atoms with Gasteiger partial charge in [0.25, 0.3) is 5.91 Å². The smallest absolute Gasteiger partial charge is 0.286 e. The molecule has 0 atom stereocenters. The predicted molar refractivity (Wildman–Crippen MR) is 142 cm³/mol. The van der Waals surface area contributed by atoms with Crippen LogP contribution in [0.3, 0.4) is 0 Å². The van der Waals surface area contributed by atoms with Crippen molar-refractivity contribution in [3.8, 4) is 0 Å². The first-order valence-corrected chi connectivity index (χ1v) is 14.5. The van der Waals surface area contributed by atoms with Gasteiger partial charge in [-0.25, -0.2) is 8.42 Å². The molecule has 1 amide bonds. The summed E-state index contributed by atoms with van der Waals surface area (Å²) in [4.78, 5) is 14.8. The Labute approximate surface area is 222 Å². The van der Waals surface area contributed by atoms with Crippen LogP contribution in [0, 0.1) is 5.92 Å². The summed E-state index contributed by atoms with van der Waals surface area (Å²) in [5.41, 5.74) is 1.41. The molecule has 0 radical (unpaired) electrons. The average molecular weight is 550 g/mol. The Hall–Kier alpha value is -2.32. The number of halogens is 2. The normalized spacial score (nSPS) is 15.2. The maximum absolute atomic E-state index is 12.8. The SMILES string of the molecule is O=C(NCCCN1CCC(Cc2ccccc2)CC1)c1ccc(CS(=O)(=O)c2c(Cl)cccc2Cl)o1. The van der Waals surface area contributed by atoms with Gasteiger partial charge in [0.1, 0.15) is 16.4 Å². The van der Waals surface area contributed by atoms with Gasteiger partial charge in [-0.2, -0.15) is 0 Å². The number of amides is 1. The highest BCUT2D eigenvalue weighted by Gasteiger charge is 2.24. The van der Waals surface area contributed by atoms with Crippen molar-refractivity contribution in [3.05, 3.63) is 87.8 Å². The van der Waals surface area contributed by atoms with Crippen LogP contribution in [-0.2, 0) is 22.0 Å². The average Bonchev–Trinajstić information content (AvgIpc) is 3.31. The summed E-state index contributed by atoms with van der Waals surface area (Å²) in [7, 11) is -3.84. The zero-order chi connectivity index (χ0) is 25.5. The number of nitrogens with one attached hydrogen (secondary N) is 1. The second-order valence-electron chi connectivity index (χ2n) is 9.16. The van der Waals surface area contributed by atoms with Crippen LogP contribution in [0.1, 0.15) is 41.1 Å². The fraction of sp³-hybridized carbons (Fsp3) is 0.370. The molecular formula is C27H30Cl2N2O4S. The van der Waals surface area contributed by atoms with Gasteiger partial charge in [0, 0.05) is 6.54 Å². The van der Waals surface area contributed by atoms with Crippen LogP contribution < -0.4 is 5.32 Å². The maximum atomic E-state index is 12.8. The Kier molecular flexibility index (Phi) is 9.12. The predicted octanol–water partition coefficient (Wildman–Crippen LogP) is 5.63. The van der Waals surface area contributed by atoms with E-state index >= 15 is 0 Å². The third-order valence-corrected chi connectivity index (χ3v) is 9.04. The Morgan fingerprint density at radius 3 is 2.36 bits per heavy atom. The fourth-order valence-corrected chi connectivity index (χ4v) is 7.08. The quantitative estimate of drug-likeness (QED) is 0.332. The van der Waals surface area contributed by atoms with Gasteiger partial charge in [-0.05, 0) is 81.1 Å². The van der Waals surface area contributed by atoms with E-state index in [1.54, 1.807) is 6.07 Å². The third-order valence-electron chi connectivity index (χ3n) is 6.46. The summed E-state index contributed by atoms with van der Waals surface area (Å²) in [6, 6.07) is 18.1. The molecule has 192 valence electrons. The van der Waals surface area contributed by atoms with Crippen molar-refractivity contribution in [1.29, 1.82) is 0 Å². The summed E-state index contributed by atoms with van der Waals surface area (Å²) in [6.07, 6.45) is 4.36. The van der Waals surface area contributed by atoms with E-state index in [-0.39, 0.29) is 32.4 Å². The summed E-state index contributed by atoms with van der Waals surface area (Å²) < 4.78 is 31.0. The molecule has 9 heteroatoms. The Morgan fingerprint density at radius 2 is 1.67 bits per heavy atom. The standard InChI is InChI=1S/C27H30Cl2N2O4S/c28-23-8-4-9-24(29)26(23)36(33,34)19-22-10-11-25(35-22)27(32)30-14-5-15-31-16-12-21(13-17-31)18-20-6-2-1-3-7-20/h1-4,6-11,21H,5,12-19H2,(H,30,32). The molecule has 4 rings (SSSR count). The number of piperidine rings is 1. The summed E-state index contributed by atoms with van der Waals surface area (Å²) in [5, 5.41) is 2.95. The Bertz CT molecular complexity index is 1250. The maximum Gasteiger partial charge on any atom is 0.286 e. The molecule has 1 N–H and O–H groups in total. The van der Waals surface area contributed by atoms with Gasteiger partial charge >= 0.3 is 0 Å². The number of nitrogens with zero attached hydrogens (tertiary/aromatic N) is 1. The second-order valence-corrected chi connectivity index (χ2v) is 11.9. The van der Waals surface area contributed by atoms with Crippen molar-refractivity contribution in [2.75, 3.05) is 26.2 Å². The van der Waals surface area contributed by atoms with E-state index in [4.69, 9.17) is 27.6 Å². The highest BCUT2D eigenvalue weighted by molar-refractivity contribution is 7.90. The van der Waals surface area contributed by atoms with Crippen molar-refractivity contribution in [1.82, 2.24) is 10.2 Å². The molecule has 0 bridgehead atoms. The molecule has 3 aromatic rings. The number of hydrogen-bond donors (Lipinski definition) is 1. The largest absolute Gasteiger partial charge is 0.455 e. The van der Waals surface area contributed by atoms with Crippen molar-refractivity contribution in [3.63, 3.8) is 0 Å². The van der Waals surface area contributed by atoms with Crippen LogP contribution in [0.15, 0.2) is 70.0 Å². The van der Waals surface area contributed by atoms with Gasteiger partial charge in [-0.15, -0.1) is 0 Å². The third kappa shape index (κ3) is 7.13. The number of sulfone groups is 1. The Balaban J connectivity index is 1.18. The van der Waals surface area contributed by atoms with Crippen molar-refractivity contribution in [2.24, 2.45) is 5.92 Å². The van der Waals surface area contributed by atoms with Gasteiger partial charge in [-0.1, -0.05) is 59.6 Å². The van der Waals surface area contributed by atoms with E-state index in [1.807, 2.05) is 0 Å². The summed E-state index contributed by atoms with van der Waals surface area (Å²) in [6.45, 7) is 3.61. The van der Waals surface area contributed by atoms with E-state index < -0.39 is 15.6 Å². The van der Waals surface area contributed by atoms with E-state index in [1.165, 1.54) is 42.7 Å². The van der Waals surface area contributed by atoms with Crippen molar-refractivity contribution >= 4 is 38.9 Å². The first-order valence-electron chi connectivity index (χ1n) is 12.1. The second kappa shape index (κ2) is 12.3. The fourth-order valence-electron chi connectivity index (χ4n) is 4.57. The van der Waals surface area contributed by atoms with Crippen LogP contribution in [0.25, 0.3) is 0 Å². The lowest BCUT2D eigenvalue weighted by molar-refractivity contribution is 0.0921. The first kappa shape index (κ1) is 26.7. The highest BCUT2D eigenvalue weighted by Crippen LogP contribution is 2.31. The number of carbonyl (C=O) groups excluding carboxylic acids is 1. The summed E-state index contributed by atoms with van der Waals surface area (Å²) in [5.74, 6) is 0.149. The molecule has 1 aliphatic heterocycles. The molecule has 1 saturated heterocycles. The number of carbonyl (C=O) groups is 1. The van der Waals surface area contributed by atoms with Gasteiger partial charge in [-0.3, -0.25) is 4.79 Å². The van der Waals surface area contributed by atoms with E-state index in [9.17, 15) is 13.2 Å². The van der Waals surface area contributed by atoms with E-state index in [0.29, 0.717) is 6.54 Å². The minimum atomic E-state index is -3.84. The number of benzene rings is 2. The lowest BCUT2D eigenvalue weighted by atomic mass is 9.90. The zero-order valence-electron chi connectivity index (χ0n) is 20.0. The van der Waals surface area contributed by atoms with Gasteiger partial charge < -0.3 is 14.6 Å². The topological polar surface area (TPSA) is 79.6 Å². The lowest BCUT2D eigenvalue weighted by Crippen LogP contribution is -2.36. The zero-order valence-corrected chi connectivity index (χ0v) is 22.3. The molecule has 0 saturated carbocycles. The van der Waals surface area contributed by atoms with Crippen LogP contribution in [0.2, 0.25) is 10.0 Å². The van der Waals surface area contributed by atoms with Crippen molar-refractivity contribution in [2.45, 2.75) is 36.3 Å². The molecule has 0 spiro atoms. The molecular weight excluding hydrogens is 519 g/mol. The Morgan fingerprint density at radius 1 is 0.972 bits per heavy atom. The minimum Gasteiger partial charge on any atom is -0.455 e. The van der Waals surface area contributed by atoms with E-state index in [2.05, 4.69) is 40.5 Å². The summed E-state index contributed by atoms with van der Waals surface area (Å²) >= 11 is 12.1. The van der Waals surface area contributed by atoms with Crippen LogP contribution in [0.4, 0.5) is 0 Å². The molecule has 0 unspecified atom stereocenters.